The molecule has 0 saturated carbocycles. The minimum atomic E-state index is -3.67. The number of rotatable bonds is 10. The van der Waals surface area contributed by atoms with E-state index in [0.29, 0.717) is 12.5 Å². The highest BCUT2D eigenvalue weighted by Crippen LogP contribution is 2.27. The van der Waals surface area contributed by atoms with Crippen molar-refractivity contribution in [3.8, 4) is 0 Å². The summed E-state index contributed by atoms with van der Waals surface area (Å²) in [5, 5.41) is 0. The normalized spacial score (nSPS) is 11.0. The number of esters is 2. The summed E-state index contributed by atoms with van der Waals surface area (Å²) in [6, 6.07) is 16.3. The Bertz CT molecular complexity index is 1180. The van der Waals surface area contributed by atoms with Crippen LogP contribution in [0.15, 0.2) is 73.8 Å². The van der Waals surface area contributed by atoms with Crippen molar-refractivity contribution in [1.82, 2.24) is 0 Å². The predicted molar refractivity (Wildman–Crippen MR) is 149 cm³/mol. The van der Waals surface area contributed by atoms with E-state index in [4.69, 9.17) is 18.6 Å². The molecule has 2 aromatic carbocycles. The molecule has 0 aliphatic heterocycles. The lowest BCUT2D eigenvalue weighted by Crippen LogP contribution is -2.18. The molecule has 0 atom stereocenters. The largest absolute Gasteiger partial charge is 0.458 e. The molecule has 2 rings (SSSR count). The molecular weight excluding hydrogens is 548 g/mol. The first-order chi connectivity index (χ1) is 17.8. The van der Waals surface area contributed by atoms with Gasteiger partial charge in [0.2, 0.25) is 0 Å². The zero-order valence-corrected chi connectivity index (χ0v) is 24.1. The maximum atomic E-state index is 11.1. The zero-order chi connectivity index (χ0) is 30.3. The Balaban J connectivity index is 0.00000123. The van der Waals surface area contributed by atoms with E-state index in [2.05, 4.69) is 51.3 Å². The summed E-state index contributed by atoms with van der Waals surface area (Å²) in [5.74, 6) is -0.833. The van der Waals surface area contributed by atoms with Crippen molar-refractivity contribution in [2.75, 3.05) is 12.5 Å². The van der Waals surface area contributed by atoms with E-state index in [-0.39, 0.29) is 18.6 Å². The Morgan fingerprint density at radius 2 is 0.923 bits per heavy atom. The van der Waals surface area contributed by atoms with Crippen LogP contribution in [0.25, 0.3) is 0 Å². The smallest absolute Gasteiger partial charge is 0.330 e. The molecule has 2 N–H and O–H groups in total. The number of hydrogen-bond donors (Lipinski definition) is 2. The average Bonchev–Trinajstić information content (AvgIpc) is 2.80. The van der Waals surface area contributed by atoms with Gasteiger partial charge in [-0.05, 0) is 40.5 Å². The Morgan fingerprint density at radius 1 is 0.692 bits per heavy atom. The number of carbonyl (C=O) groups is 2. The van der Waals surface area contributed by atoms with Crippen LogP contribution >= 0.6 is 0 Å². The van der Waals surface area contributed by atoms with Gasteiger partial charge in [0, 0.05) is 12.2 Å². The van der Waals surface area contributed by atoms with E-state index in [1.165, 1.54) is 11.1 Å². The first kappa shape index (κ1) is 35.7. The van der Waals surface area contributed by atoms with Gasteiger partial charge in [-0.3, -0.25) is 9.11 Å². The molecule has 0 spiro atoms. The number of hydrogen-bond acceptors (Lipinski definition) is 8. The van der Waals surface area contributed by atoms with Crippen LogP contribution in [0.5, 0.6) is 0 Å². The van der Waals surface area contributed by atoms with Crippen molar-refractivity contribution in [1.29, 1.82) is 0 Å². The third-order valence-electron chi connectivity index (χ3n) is 4.51. The molecule has 0 aromatic heterocycles. The number of carbonyl (C=O) groups excluding carboxylic acids is 2. The summed E-state index contributed by atoms with van der Waals surface area (Å²) >= 11 is 0. The SMILES string of the molecule is C=CC(=O)OCc1ccc(CC(C)(C)Cc2ccc(COC(=O)C=C)cc2)cc1.CS(=O)(=O)O.CS(=O)(=O)O. The Labute approximate surface area is 230 Å². The topological polar surface area (TPSA) is 161 Å². The van der Waals surface area contributed by atoms with Crippen LogP contribution in [0.4, 0.5) is 0 Å². The van der Waals surface area contributed by atoms with Crippen molar-refractivity contribution in [3.05, 3.63) is 96.1 Å². The predicted octanol–water partition coefficient (Wildman–Crippen LogP) is 3.96. The maximum absolute atomic E-state index is 11.1. The second-order valence-corrected chi connectivity index (χ2v) is 12.2. The summed E-state index contributed by atoms with van der Waals surface area (Å²) in [7, 11) is -7.33. The van der Waals surface area contributed by atoms with Gasteiger partial charge in [0.1, 0.15) is 13.2 Å². The summed E-state index contributed by atoms with van der Waals surface area (Å²) in [6.07, 6.45) is 5.62. The lowest BCUT2D eigenvalue weighted by atomic mass is 9.80. The minimum Gasteiger partial charge on any atom is -0.458 e. The molecule has 216 valence electrons. The molecule has 0 fully saturated rings. The van der Waals surface area contributed by atoms with E-state index in [1.807, 2.05) is 24.3 Å². The monoisotopic (exact) mass is 584 g/mol. The molecule has 12 heteroatoms. The molecule has 39 heavy (non-hydrogen) atoms. The fraction of sp³-hybridized carbons (Fsp3) is 0.333. The highest BCUT2D eigenvalue weighted by Gasteiger charge is 2.19. The first-order valence-corrected chi connectivity index (χ1v) is 15.1. The van der Waals surface area contributed by atoms with Crippen molar-refractivity contribution in [2.24, 2.45) is 5.41 Å². The quantitative estimate of drug-likeness (QED) is 0.237. The number of ether oxygens (including phenoxy) is 2. The molecule has 0 bridgehead atoms. The van der Waals surface area contributed by atoms with Crippen LogP contribution in [-0.4, -0.2) is 50.4 Å². The fourth-order valence-corrected chi connectivity index (χ4v) is 3.10. The lowest BCUT2D eigenvalue weighted by molar-refractivity contribution is -0.139. The van der Waals surface area contributed by atoms with Crippen molar-refractivity contribution < 1.29 is 45.0 Å². The van der Waals surface area contributed by atoms with Gasteiger partial charge in [0.15, 0.2) is 0 Å². The van der Waals surface area contributed by atoms with Gasteiger partial charge in [0.05, 0.1) is 12.5 Å². The van der Waals surface area contributed by atoms with Crippen LogP contribution in [-0.2, 0) is 65.4 Å². The lowest BCUT2D eigenvalue weighted by Gasteiger charge is -2.25. The van der Waals surface area contributed by atoms with Gasteiger partial charge >= 0.3 is 11.9 Å². The minimum absolute atomic E-state index is 0.0770. The standard InChI is InChI=1S/C25H28O4.2CH4O3S/c1-5-23(26)28-17-21-11-7-19(8-12-21)15-25(3,4)16-20-9-13-22(14-10-20)18-29-24(27)6-2;2*1-5(2,3)4/h5-14H,1-2,15-18H2,3-4H3;2*1H3,(H,2,3,4). The summed E-state index contributed by atoms with van der Waals surface area (Å²) in [5.41, 5.74) is 4.46. The maximum Gasteiger partial charge on any atom is 0.330 e. The third-order valence-corrected chi connectivity index (χ3v) is 4.51. The molecule has 2 aromatic rings. The fourth-order valence-electron chi connectivity index (χ4n) is 3.10. The Hall–Kier alpha value is -3.32. The van der Waals surface area contributed by atoms with E-state index < -0.39 is 32.2 Å². The molecule has 0 radical (unpaired) electrons. The highest BCUT2D eigenvalue weighted by atomic mass is 32.2. The molecular formula is C27H36O10S2. The second-order valence-electron chi connectivity index (χ2n) is 9.24. The van der Waals surface area contributed by atoms with E-state index in [1.54, 1.807) is 0 Å². The van der Waals surface area contributed by atoms with Gasteiger partial charge in [-0.2, -0.15) is 16.8 Å². The second kappa shape index (κ2) is 16.6. The van der Waals surface area contributed by atoms with Gasteiger partial charge in [-0.15, -0.1) is 0 Å². The summed E-state index contributed by atoms with van der Waals surface area (Å²) in [4.78, 5) is 22.3. The Morgan fingerprint density at radius 3 is 1.15 bits per heavy atom. The molecule has 10 nitrogen and oxygen atoms in total. The molecule has 0 amide bonds. The van der Waals surface area contributed by atoms with Crippen LogP contribution in [0.2, 0.25) is 0 Å². The Kier molecular flexibility index (Phi) is 15.2. The van der Waals surface area contributed by atoms with E-state index in [0.717, 1.165) is 36.1 Å². The molecule has 0 saturated heterocycles. The van der Waals surface area contributed by atoms with Gasteiger partial charge < -0.3 is 9.47 Å². The summed E-state index contributed by atoms with van der Waals surface area (Å²) < 4.78 is 61.8. The van der Waals surface area contributed by atoms with Crippen molar-refractivity contribution in [3.63, 3.8) is 0 Å². The third kappa shape index (κ3) is 22.4. The van der Waals surface area contributed by atoms with Crippen LogP contribution < -0.4 is 0 Å². The summed E-state index contributed by atoms with van der Waals surface area (Å²) in [6.45, 7) is 11.8. The van der Waals surface area contributed by atoms with Gasteiger partial charge in [0.25, 0.3) is 20.2 Å². The number of benzene rings is 2. The zero-order valence-electron chi connectivity index (χ0n) is 22.5. The first-order valence-electron chi connectivity index (χ1n) is 11.4. The average molecular weight is 585 g/mol. The molecule has 0 aliphatic carbocycles. The van der Waals surface area contributed by atoms with E-state index in [9.17, 15) is 26.4 Å². The van der Waals surface area contributed by atoms with Crippen LogP contribution in [0.1, 0.15) is 36.1 Å². The highest BCUT2D eigenvalue weighted by molar-refractivity contribution is 7.85. The molecule has 0 heterocycles. The van der Waals surface area contributed by atoms with E-state index >= 15 is 0 Å². The van der Waals surface area contributed by atoms with Crippen molar-refractivity contribution >= 4 is 32.2 Å². The van der Waals surface area contributed by atoms with Crippen molar-refractivity contribution in [2.45, 2.75) is 39.9 Å². The van der Waals surface area contributed by atoms with Gasteiger partial charge in [-0.25, -0.2) is 9.59 Å². The van der Waals surface area contributed by atoms with Crippen LogP contribution in [0.3, 0.4) is 0 Å². The molecule has 0 unspecified atom stereocenters. The van der Waals surface area contributed by atoms with Gasteiger partial charge in [-0.1, -0.05) is 75.5 Å². The van der Waals surface area contributed by atoms with Crippen LogP contribution in [0, 0.1) is 5.41 Å². The molecule has 0 aliphatic rings.